The molecular weight excluding hydrogens is 364 g/mol. The van der Waals surface area contributed by atoms with Gasteiger partial charge < -0.3 is 15.0 Å². The Morgan fingerprint density at radius 3 is 2.70 bits per heavy atom. The molecule has 0 radical (unpaired) electrons. The Morgan fingerprint density at radius 1 is 1.33 bits per heavy atom. The molecule has 2 aromatic rings. The van der Waals surface area contributed by atoms with Crippen LogP contribution in [0.15, 0.2) is 6.33 Å². The summed E-state index contributed by atoms with van der Waals surface area (Å²) in [5.74, 6) is 0.226. The number of rotatable bonds is 5. The average molecular weight is 391 g/mol. The lowest BCUT2D eigenvalue weighted by molar-refractivity contribution is -0.159. The maximum Gasteiger partial charge on any atom is 0.309 e. The maximum absolute atomic E-state index is 12.4. The monoisotopic (exact) mass is 390 g/mol. The van der Waals surface area contributed by atoms with Crippen molar-refractivity contribution >= 4 is 39.2 Å². The summed E-state index contributed by atoms with van der Waals surface area (Å²) in [7, 11) is 0. The highest BCUT2D eigenvalue weighted by atomic mass is 32.1. The minimum atomic E-state index is -0.756. The van der Waals surface area contributed by atoms with Gasteiger partial charge in [0.05, 0.1) is 11.3 Å². The first-order chi connectivity index (χ1) is 12.9. The number of carbonyl (C=O) groups excluding carboxylic acids is 2. The van der Waals surface area contributed by atoms with Crippen molar-refractivity contribution in [2.24, 2.45) is 5.92 Å². The summed E-state index contributed by atoms with van der Waals surface area (Å²) >= 11 is 1.69. The van der Waals surface area contributed by atoms with Gasteiger partial charge in [-0.15, -0.1) is 11.3 Å². The molecule has 0 saturated carbocycles. The molecule has 1 aliphatic rings. The molecule has 1 amide bonds. The number of amides is 1. The second-order valence-electron chi connectivity index (χ2n) is 6.90. The lowest BCUT2D eigenvalue weighted by atomic mass is 9.96. The van der Waals surface area contributed by atoms with Crippen molar-refractivity contribution in [2.45, 2.75) is 46.6 Å². The fourth-order valence-electron chi connectivity index (χ4n) is 3.37. The normalized spacial score (nSPS) is 16.4. The summed E-state index contributed by atoms with van der Waals surface area (Å²) in [4.78, 5) is 37.5. The summed E-state index contributed by atoms with van der Waals surface area (Å²) in [5, 5.41) is 3.79. The zero-order valence-corrected chi connectivity index (χ0v) is 17.1. The van der Waals surface area contributed by atoms with Crippen molar-refractivity contribution in [1.29, 1.82) is 0 Å². The van der Waals surface area contributed by atoms with Gasteiger partial charge in [0.1, 0.15) is 17.0 Å². The number of ether oxygens (including phenoxy) is 1. The predicted molar refractivity (Wildman–Crippen MR) is 106 cm³/mol. The van der Waals surface area contributed by atoms with Crippen molar-refractivity contribution in [3.05, 3.63) is 16.8 Å². The molecule has 0 unspecified atom stereocenters. The topological polar surface area (TPSA) is 84.4 Å². The van der Waals surface area contributed by atoms with E-state index in [4.69, 9.17) is 4.74 Å². The first-order valence-corrected chi connectivity index (χ1v) is 10.2. The molecule has 1 N–H and O–H groups in total. The molecule has 3 heterocycles. The molecule has 1 atom stereocenters. The number of likely N-dealkylation sites (N-methyl/N-ethyl adjacent to an activating group) is 1. The zero-order valence-electron chi connectivity index (χ0n) is 16.2. The van der Waals surface area contributed by atoms with Crippen LogP contribution in [0.3, 0.4) is 0 Å². The van der Waals surface area contributed by atoms with Crippen molar-refractivity contribution in [2.75, 3.05) is 24.5 Å². The van der Waals surface area contributed by atoms with Crippen LogP contribution in [0.5, 0.6) is 0 Å². The molecule has 2 aromatic heterocycles. The van der Waals surface area contributed by atoms with Gasteiger partial charge in [0.25, 0.3) is 5.91 Å². The number of hydrogen-bond acceptors (Lipinski definition) is 7. The molecule has 0 spiro atoms. The third-order valence-corrected chi connectivity index (χ3v) is 6.20. The fourth-order valence-corrected chi connectivity index (χ4v) is 4.36. The molecule has 1 fully saturated rings. The van der Waals surface area contributed by atoms with Gasteiger partial charge in [-0.2, -0.15) is 0 Å². The second-order valence-corrected chi connectivity index (χ2v) is 8.10. The van der Waals surface area contributed by atoms with Crippen molar-refractivity contribution in [3.63, 3.8) is 0 Å². The highest BCUT2D eigenvalue weighted by Gasteiger charge is 2.30. The van der Waals surface area contributed by atoms with Crippen LogP contribution in [0.2, 0.25) is 0 Å². The van der Waals surface area contributed by atoms with E-state index in [-0.39, 0.29) is 17.8 Å². The standard InChI is InChI=1S/C19H26N4O3S/c1-5-20-17(24)12(3)26-19(25)14-6-8-23(9-7-14)16-15-11(2)13(4)27-18(15)22-10-21-16/h10,12,14H,5-9H2,1-4H3,(H,20,24)/t12-/m0/s1. The summed E-state index contributed by atoms with van der Waals surface area (Å²) < 4.78 is 5.34. The van der Waals surface area contributed by atoms with E-state index in [2.05, 4.69) is 34.0 Å². The van der Waals surface area contributed by atoms with E-state index in [1.54, 1.807) is 24.6 Å². The van der Waals surface area contributed by atoms with Crippen LogP contribution >= 0.6 is 11.3 Å². The average Bonchev–Trinajstić information content (AvgIpc) is 2.96. The zero-order chi connectivity index (χ0) is 19.6. The van der Waals surface area contributed by atoms with Gasteiger partial charge in [-0.1, -0.05) is 0 Å². The van der Waals surface area contributed by atoms with E-state index in [0.717, 1.165) is 29.1 Å². The van der Waals surface area contributed by atoms with E-state index in [1.165, 1.54) is 10.4 Å². The number of esters is 1. The molecule has 0 aromatic carbocycles. The van der Waals surface area contributed by atoms with Gasteiger partial charge in [-0.3, -0.25) is 9.59 Å². The van der Waals surface area contributed by atoms with Gasteiger partial charge in [-0.05, 0) is 46.1 Å². The first kappa shape index (κ1) is 19.5. The van der Waals surface area contributed by atoms with E-state index in [1.807, 2.05) is 6.92 Å². The number of hydrogen-bond donors (Lipinski definition) is 1. The Hall–Kier alpha value is -2.22. The molecule has 8 heteroatoms. The van der Waals surface area contributed by atoms with Crippen LogP contribution in [-0.4, -0.2) is 47.6 Å². The van der Waals surface area contributed by atoms with Gasteiger partial charge >= 0.3 is 5.97 Å². The van der Waals surface area contributed by atoms with Crippen LogP contribution in [0.25, 0.3) is 10.2 Å². The van der Waals surface area contributed by atoms with Gasteiger partial charge in [-0.25, -0.2) is 9.97 Å². The second kappa shape index (κ2) is 8.21. The number of anilines is 1. The lowest BCUT2D eigenvalue weighted by Crippen LogP contribution is -2.40. The Morgan fingerprint density at radius 2 is 2.04 bits per heavy atom. The molecular formula is C19H26N4O3S. The molecule has 0 aliphatic carbocycles. The summed E-state index contributed by atoms with van der Waals surface area (Å²) in [6, 6.07) is 0. The number of aryl methyl sites for hydroxylation is 2. The number of carbonyl (C=O) groups is 2. The molecule has 1 aliphatic heterocycles. The Kier molecular flexibility index (Phi) is 5.94. The van der Waals surface area contributed by atoms with Crippen LogP contribution in [-0.2, 0) is 14.3 Å². The number of nitrogens with zero attached hydrogens (tertiary/aromatic N) is 3. The first-order valence-electron chi connectivity index (χ1n) is 9.36. The SMILES string of the molecule is CCNC(=O)[C@H](C)OC(=O)C1CCN(c2ncnc3sc(C)c(C)c23)CC1. The third kappa shape index (κ3) is 4.05. The largest absolute Gasteiger partial charge is 0.452 e. The van der Waals surface area contributed by atoms with Crippen molar-refractivity contribution < 1.29 is 14.3 Å². The summed E-state index contributed by atoms with van der Waals surface area (Å²) in [6.45, 7) is 9.64. The molecule has 3 rings (SSSR count). The number of aromatic nitrogens is 2. The van der Waals surface area contributed by atoms with Crippen molar-refractivity contribution in [3.8, 4) is 0 Å². The highest BCUT2D eigenvalue weighted by molar-refractivity contribution is 7.18. The lowest BCUT2D eigenvalue weighted by Gasteiger charge is -2.32. The maximum atomic E-state index is 12.4. The van der Waals surface area contributed by atoms with Gasteiger partial charge in [0.2, 0.25) is 0 Å². The molecule has 7 nitrogen and oxygen atoms in total. The number of thiophene rings is 1. The van der Waals surface area contributed by atoms with Gasteiger partial charge in [0, 0.05) is 24.5 Å². The van der Waals surface area contributed by atoms with Crippen LogP contribution < -0.4 is 10.2 Å². The van der Waals surface area contributed by atoms with E-state index >= 15 is 0 Å². The van der Waals surface area contributed by atoms with Gasteiger partial charge in [0.15, 0.2) is 6.10 Å². The van der Waals surface area contributed by atoms with Crippen LogP contribution in [0.4, 0.5) is 5.82 Å². The third-order valence-electron chi connectivity index (χ3n) is 5.09. The smallest absolute Gasteiger partial charge is 0.309 e. The molecule has 27 heavy (non-hydrogen) atoms. The fraction of sp³-hybridized carbons (Fsp3) is 0.579. The van der Waals surface area contributed by atoms with E-state index in [9.17, 15) is 9.59 Å². The number of fused-ring (bicyclic) bond motifs is 1. The molecule has 146 valence electrons. The number of nitrogens with one attached hydrogen (secondary N) is 1. The Balaban J connectivity index is 1.64. The van der Waals surface area contributed by atoms with E-state index in [0.29, 0.717) is 19.4 Å². The van der Waals surface area contributed by atoms with Crippen LogP contribution in [0.1, 0.15) is 37.1 Å². The summed E-state index contributed by atoms with van der Waals surface area (Å²) in [5.41, 5.74) is 1.22. The van der Waals surface area contributed by atoms with E-state index < -0.39 is 6.10 Å². The Bertz CT molecular complexity index is 843. The molecule has 0 bridgehead atoms. The summed E-state index contributed by atoms with van der Waals surface area (Å²) in [6.07, 6.45) is 2.23. The Labute approximate surface area is 163 Å². The quantitative estimate of drug-likeness (QED) is 0.790. The number of piperidine rings is 1. The van der Waals surface area contributed by atoms with Crippen LogP contribution in [0, 0.1) is 19.8 Å². The highest BCUT2D eigenvalue weighted by Crippen LogP contribution is 2.35. The molecule has 1 saturated heterocycles. The van der Waals surface area contributed by atoms with Crippen molar-refractivity contribution in [1.82, 2.24) is 15.3 Å². The predicted octanol–water partition coefficient (Wildman–Crippen LogP) is 2.59. The minimum absolute atomic E-state index is 0.180. The minimum Gasteiger partial charge on any atom is -0.452 e.